The number of thiazole rings is 1. The van der Waals surface area contributed by atoms with E-state index in [4.69, 9.17) is 4.74 Å². The Balaban J connectivity index is 1.33. The van der Waals surface area contributed by atoms with Crippen molar-refractivity contribution >= 4 is 17.4 Å². The summed E-state index contributed by atoms with van der Waals surface area (Å²) in [6.45, 7) is 0.767. The molecular weight excluding hydrogens is 322 g/mol. The molecule has 24 heavy (non-hydrogen) atoms. The van der Waals surface area contributed by atoms with Crippen LogP contribution in [0, 0.1) is 5.92 Å². The Morgan fingerprint density at radius 1 is 1.29 bits per heavy atom. The number of hydrogen-bond acceptors (Lipinski definition) is 4. The van der Waals surface area contributed by atoms with Crippen molar-refractivity contribution in [2.75, 3.05) is 6.61 Å². The molecule has 132 valence electrons. The molecular formula is C18H27N3O2S. The number of aromatic nitrogens is 1. The van der Waals surface area contributed by atoms with Crippen LogP contribution in [0.25, 0.3) is 0 Å². The zero-order valence-corrected chi connectivity index (χ0v) is 14.9. The third kappa shape index (κ3) is 3.75. The molecule has 2 amide bonds. The highest BCUT2D eigenvalue weighted by molar-refractivity contribution is 7.09. The van der Waals surface area contributed by atoms with Crippen molar-refractivity contribution in [2.45, 2.75) is 75.5 Å². The first-order valence-corrected chi connectivity index (χ1v) is 10.2. The second-order valence-corrected chi connectivity index (χ2v) is 8.51. The minimum Gasteiger partial charge on any atom is -0.375 e. The lowest BCUT2D eigenvalue weighted by atomic mass is 9.78. The Hall–Kier alpha value is -1.14. The van der Waals surface area contributed by atoms with E-state index in [0.29, 0.717) is 5.92 Å². The first-order chi connectivity index (χ1) is 11.7. The lowest BCUT2D eigenvalue weighted by Crippen LogP contribution is -2.52. The molecule has 3 fully saturated rings. The van der Waals surface area contributed by atoms with Gasteiger partial charge in [0, 0.05) is 24.2 Å². The molecule has 1 aromatic rings. The van der Waals surface area contributed by atoms with Crippen molar-refractivity contribution in [3.8, 4) is 0 Å². The van der Waals surface area contributed by atoms with Crippen molar-refractivity contribution in [1.29, 1.82) is 0 Å². The molecule has 2 heterocycles. The van der Waals surface area contributed by atoms with Gasteiger partial charge < -0.3 is 15.4 Å². The Morgan fingerprint density at radius 2 is 2.12 bits per heavy atom. The fourth-order valence-electron chi connectivity index (χ4n) is 4.26. The van der Waals surface area contributed by atoms with Gasteiger partial charge in [-0.3, -0.25) is 0 Å². The van der Waals surface area contributed by atoms with E-state index >= 15 is 0 Å². The summed E-state index contributed by atoms with van der Waals surface area (Å²) in [6, 6.07) is 0.265. The maximum absolute atomic E-state index is 12.5. The summed E-state index contributed by atoms with van der Waals surface area (Å²) >= 11 is 1.63. The van der Waals surface area contributed by atoms with Gasteiger partial charge in [-0.15, -0.1) is 11.3 Å². The van der Waals surface area contributed by atoms with Crippen molar-refractivity contribution in [2.24, 2.45) is 5.92 Å². The second-order valence-electron chi connectivity index (χ2n) is 7.59. The van der Waals surface area contributed by atoms with E-state index in [1.165, 1.54) is 32.1 Å². The van der Waals surface area contributed by atoms with E-state index in [-0.39, 0.29) is 23.7 Å². The predicted molar refractivity (Wildman–Crippen MR) is 94.0 cm³/mol. The molecule has 0 bridgehead atoms. The van der Waals surface area contributed by atoms with Gasteiger partial charge in [0.15, 0.2) is 0 Å². The average molecular weight is 350 g/mol. The van der Waals surface area contributed by atoms with Crippen LogP contribution in [0.1, 0.15) is 68.8 Å². The fraction of sp³-hybridized carbons (Fsp3) is 0.778. The van der Waals surface area contributed by atoms with E-state index in [2.05, 4.69) is 15.6 Å². The van der Waals surface area contributed by atoms with Gasteiger partial charge in [0.05, 0.1) is 11.6 Å². The summed E-state index contributed by atoms with van der Waals surface area (Å²) in [7, 11) is 0. The Morgan fingerprint density at radius 3 is 2.83 bits per heavy atom. The van der Waals surface area contributed by atoms with E-state index in [1.807, 2.05) is 11.6 Å². The van der Waals surface area contributed by atoms with Crippen LogP contribution in [0.15, 0.2) is 11.6 Å². The highest BCUT2D eigenvalue weighted by atomic mass is 32.1. The molecule has 0 radical (unpaired) electrons. The molecule has 4 rings (SSSR count). The Bertz CT molecular complexity index is 547. The minimum absolute atomic E-state index is 0.0274. The van der Waals surface area contributed by atoms with Crippen LogP contribution in [-0.2, 0) is 4.74 Å². The third-order valence-corrected chi connectivity index (χ3v) is 6.55. The SMILES string of the molecule is O=C(N[C@H]1CCOC2(CCCCC2)C1)N[C@@H](c1nccs1)C1CC1. The zero-order chi connectivity index (χ0) is 16.4. The molecule has 6 heteroatoms. The molecule has 2 N–H and O–H groups in total. The maximum atomic E-state index is 12.5. The van der Waals surface area contributed by atoms with Crippen LogP contribution in [0.3, 0.4) is 0 Å². The quantitative estimate of drug-likeness (QED) is 0.869. The smallest absolute Gasteiger partial charge is 0.315 e. The Labute approximate surface area is 147 Å². The molecule has 0 unspecified atom stereocenters. The third-order valence-electron chi connectivity index (χ3n) is 5.69. The average Bonchev–Trinajstić information content (AvgIpc) is 3.27. The molecule has 0 aromatic carbocycles. The lowest BCUT2D eigenvalue weighted by molar-refractivity contribution is -0.107. The monoisotopic (exact) mass is 349 g/mol. The van der Waals surface area contributed by atoms with Gasteiger partial charge in [-0.05, 0) is 44.4 Å². The molecule has 2 saturated carbocycles. The fourth-order valence-corrected chi connectivity index (χ4v) is 5.04. The van der Waals surface area contributed by atoms with Crippen LogP contribution in [0.2, 0.25) is 0 Å². The highest BCUT2D eigenvalue weighted by Crippen LogP contribution is 2.42. The molecule has 2 atom stereocenters. The van der Waals surface area contributed by atoms with E-state index in [1.54, 1.807) is 11.3 Å². The number of urea groups is 1. The topological polar surface area (TPSA) is 63.2 Å². The van der Waals surface area contributed by atoms with Crippen molar-refractivity contribution < 1.29 is 9.53 Å². The van der Waals surface area contributed by atoms with Gasteiger partial charge >= 0.3 is 6.03 Å². The number of ether oxygens (including phenoxy) is 1. The normalized spacial score (nSPS) is 27.6. The van der Waals surface area contributed by atoms with Crippen LogP contribution < -0.4 is 10.6 Å². The van der Waals surface area contributed by atoms with E-state index < -0.39 is 0 Å². The first-order valence-electron chi connectivity index (χ1n) is 9.34. The molecule has 2 aliphatic carbocycles. The molecule has 1 saturated heterocycles. The summed E-state index contributed by atoms with van der Waals surface area (Å²) in [5.41, 5.74) is 0.0274. The first kappa shape index (κ1) is 16.3. The van der Waals surface area contributed by atoms with Crippen LogP contribution in [-0.4, -0.2) is 29.3 Å². The second kappa shape index (κ2) is 7.00. The largest absolute Gasteiger partial charge is 0.375 e. The Kier molecular flexibility index (Phi) is 4.77. The summed E-state index contributed by atoms with van der Waals surface area (Å²) in [4.78, 5) is 16.9. The number of nitrogens with one attached hydrogen (secondary N) is 2. The van der Waals surface area contributed by atoms with Crippen LogP contribution in [0.4, 0.5) is 4.79 Å². The zero-order valence-electron chi connectivity index (χ0n) is 14.1. The number of carbonyl (C=O) groups excluding carboxylic acids is 1. The molecule has 1 aliphatic heterocycles. The number of amides is 2. The van der Waals surface area contributed by atoms with E-state index in [9.17, 15) is 4.79 Å². The maximum Gasteiger partial charge on any atom is 0.315 e. The van der Waals surface area contributed by atoms with Crippen molar-refractivity contribution in [3.63, 3.8) is 0 Å². The van der Waals surface area contributed by atoms with Gasteiger partial charge in [0.25, 0.3) is 0 Å². The van der Waals surface area contributed by atoms with E-state index in [0.717, 1.165) is 37.3 Å². The molecule has 5 nitrogen and oxygen atoms in total. The standard InChI is InChI=1S/C18H27N3O2S/c22-17(21-15(13-4-5-13)16-19-9-11-24-16)20-14-6-10-23-18(12-14)7-2-1-3-8-18/h9,11,13-15H,1-8,10,12H2,(H2,20,21,22)/t14-,15+/m0/s1. The van der Waals surface area contributed by atoms with Gasteiger partial charge in [-0.1, -0.05) is 19.3 Å². The minimum atomic E-state index is -0.0417. The van der Waals surface area contributed by atoms with Gasteiger partial charge in [0.1, 0.15) is 5.01 Å². The summed E-state index contributed by atoms with van der Waals surface area (Å²) in [5.74, 6) is 0.557. The van der Waals surface area contributed by atoms with Gasteiger partial charge in [-0.2, -0.15) is 0 Å². The van der Waals surface area contributed by atoms with Crippen molar-refractivity contribution in [1.82, 2.24) is 15.6 Å². The molecule has 3 aliphatic rings. The predicted octanol–water partition coefficient (Wildman–Crippen LogP) is 3.78. The number of rotatable bonds is 4. The molecule has 1 aromatic heterocycles. The van der Waals surface area contributed by atoms with Gasteiger partial charge in [0.2, 0.25) is 0 Å². The highest BCUT2D eigenvalue weighted by Gasteiger charge is 2.40. The lowest BCUT2D eigenvalue weighted by Gasteiger charge is -2.43. The van der Waals surface area contributed by atoms with Crippen LogP contribution >= 0.6 is 11.3 Å². The molecule has 1 spiro atoms. The summed E-state index contributed by atoms with van der Waals surface area (Å²) < 4.78 is 6.13. The number of hydrogen-bond donors (Lipinski definition) is 2. The summed E-state index contributed by atoms with van der Waals surface area (Å²) in [5, 5.41) is 9.40. The summed E-state index contributed by atoms with van der Waals surface area (Å²) in [6.07, 6.45) is 12.2. The van der Waals surface area contributed by atoms with Gasteiger partial charge in [-0.25, -0.2) is 9.78 Å². The number of nitrogens with zero attached hydrogens (tertiary/aromatic N) is 1. The van der Waals surface area contributed by atoms with Crippen LogP contribution in [0.5, 0.6) is 0 Å². The van der Waals surface area contributed by atoms with Crippen molar-refractivity contribution in [3.05, 3.63) is 16.6 Å². The number of carbonyl (C=O) groups is 1.